The largest absolute Gasteiger partial charge is 0.153 e. The highest BCUT2D eigenvalue weighted by atomic mass is 31.0. The molecule has 0 aliphatic rings. The Morgan fingerprint density at radius 3 is 1.00 bits per heavy atom. The molecule has 1 unspecified atom stereocenters. The van der Waals surface area contributed by atoms with E-state index in [0.717, 1.165) is 5.92 Å². The molecule has 1 atom stereocenters. The predicted molar refractivity (Wildman–Crippen MR) is 31.6 cm³/mol. The summed E-state index contributed by atoms with van der Waals surface area (Å²) in [5, 5.41) is 0. The van der Waals surface area contributed by atoms with Gasteiger partial charge >= 0.3 is 0 Å². The van der Waals surface area contributed by atoms with Gasteiger partial charge in [-0.15, -0.1) is 0 Å². The smallest absolute Gasteiger partial charge is 0.0500 e. The van der Waals surface area contributed by atoms with Crippen LogP contribution in [0.1, 0.15) is 20.8 Å². The molecule has 1 heteroatoms. The van der Waals surface area contributed by atoms with Crippen molar-refractivity contribution in [3.05, 3.63) is 0 Å². The van der Waals surface area contributed by atoms with E-state index in [0.29, 0.717) is 0 Å². The maximum absolute atomic E-state index is 2.17. The van der Waals surface area contributed by atoms with Crippen LogP contribution in [-0.2, 0) is 0 Å². The van der Waals surface area contributed by atoms with Crippen molar-refractivity contribution in [2.75, 3.05) is 0 Å². The average Bonchev–Trinajstić information content (AvgIpc) is 0.811. The lowest BCUT2D eigenvalue weighted by Crippen LogP contribution is -1.66. The van der Waals surface area contributed by atoms with E-state index in [-0.39, 0.29) is 9.90 Å². The molecule has 0 fully saturated rings. The lowest BCUT2D eigenvalue weighted by Gasteiger charge is -1.79. The van der Waals surface area contributed by atoms with Crippen LogP contribution >= 0.6 is 9.90 Å². The van der Waals surface area contributed by atoms with E-state index in [4.69, 9.17) is 0 Å². The van der Waals surface area contributed by atoms with E-state index in [9.17, 15) is 0 Å². The molecule has 0 saturated heterocycles. The van der Waals surface area contributed by atoms with Gasteiger partial charge in [-0.2, -0.15) is 9.90 Å². The highest BCUT2D eigenvalue weighted by Crippen LogP contribution is 1.81. The molecule has 0 amide bonds. The van der Waals surface area contributed by atoms with Gasteiger partial charge in [0, 0.05) is 0 Å². The number of rotatable bonds is 0. The summed E-state index contributed by atoms with van der Waals surface area (Å²) in [4.78, 5) is 0. The molecule has 0 bridgehead atoms. The third kappa shape index (κ3) is 141. The van der Waals surface area contributed by atoms with Gasteiger partial charge < -0.3 is 0 Å². The lowest BCUT2D eigenvalue weighted by molar-refractivity contribution is 0.737. The summed E-state index contributed by atoms with van der Waals surface area (Å²) in [6, 6.07) is 0. The van der Waals surface area contributed by atoms with Gasteiger partial charge in [0.05, 0.1) is 0 Å². The molecule has 34 valence electrons. The van der Waals surface area contributed by atoms with E-state index in [1.807, 2.05) is 0 Å². The Bertz CT molecular complexity index is 8.36. The molecule has 0 aromatic heterocycles. The third-order valence-corrected chi connectivity index (χ3v) is 0. The second-order valence-electron chi connectivity index (χ2n) is 1.73. The average molecular weight is 92.1 g/mol. The molecule has 0 saturated carbocycles. The predicted octanol–water partition coefficient (Wildman–Crippen LogP) is 1.72. The van der Waals surface area contributed by atoms with Gasteiger partial charge in [-0.3, -0.25) is 0 Å². The molecule has 5 heavy (non-hydrogen) atoms. The van der Waals surface area contributed by atoms with E-state index in [1.165, 1.54) is 0 Å². The minimum atomic E-state index is 0. The van der Waals surface area contributed by atoms with Crippen LogP contribution in [0.3, 0.4) is 0 Å². The van der Waals surface area contributed by atoms with E-state index in [1.54, 1.807) is 0 Å². The van der Waals surface area contributed by atoms with Crippen LogP contribution in [0.25, 0.3) is 0 Å². The van der Waals surface area contributed by atoms with E-state index >= 15 is 0 Å². The van der Waals surface area contributed by atoms with Gasteiger partial charge in [0.1, 0.15) is 0 Å². The third-order valence-electron chi connectivity index (χ3n) is 0. The summed E-state index contributed by atoms with van der Waals surface area (Å²) in [7, 11) is 0. The first-order chi connectivity index (χ1) is 1.73. The normalized spacial score (nSPS) is 7.20. The molecule has 0 radical (unpaired) electrons. The zero-order valence-electron chi connectivity index (χ0n) is 4.28. The van der Waals surface area contributed by atoms with Crippen LogP contribution in [0.2, 0.25) is 0 Å². The zero-order valence-corrected chi connectivity index (χ0v) is 5.70. The maximum Gasteiger partial charge on any atom is -0.0500 e. The molecule has 0 N–H and O–H groups in total. The van der Waals surface area contributed by atoms with Crippen LogP contribution in [0, 0.1) is 5.92 Å². The van der Waals surface area contributed by atoms with Crippen LogP contribution in [0.15, 0.2) is 0 Å². The number of hydrogen-bond acceptors (Lipinski definition) is 0. The molecule has 0 rings (SSSR count). The quantitative estimate of drug-likeness (QED) is 0.399. The summed E-state index contributed by atoms with van der Waals surface area (Å²) in [5.41, 5.74) is 0. The van der Waals surface area contributed by atoms with Gasteiger partial charge in [0.25, 0.3) is 0 Å². The molecule has 0 spiro atoms. The molecular formula is C4H13P. The van der Waals surface area contributed by atoms with Gasteiger partial charge in [-0.1, -0.05) is 20.8 Å². The van der Waals surface area contributed by atoms with Crippen molar-refractivity contribution >= 4 is 9.90 Å². The van der Waals surface area contributed by atoms with Crippen molar-refractivity contribution in [1.29, 1.82) is 0 Å². The van der Waals surface area contributed by atoms with Crippen molar-refractivity contribution in [1.82, 2.24) is 0 Å². The minimum absolute atomic E-state index is 0. The van der Waals surface area contributed by atoms with Crippen LogP contribution < -0.4 is 0 Å². The van der Waals surface area contributed by atoms with Gasteiger partial charge in [-0.25, -0.2) is 0 Å². The SMILES string of the molecule is CC(C)C.P. The summed E-state index contributed by atoms with van der Waals surface area (Å²) < 4.78 is 0. The summed E-state index contributed by atoms with van der Waals surface area (Å²) in [6.45, 7) is 6.50. The fourth-order valence-electron chi connectivity index (χ4n) is 0. The highest BCUT2D eigenvalue weighted by molar-refractivity contribution is 6.92. The molecule has 0 aromatic rings. The molecule has 0 nitrogen and oxygen atoms in total. The zero-order chi connectivity index (χ0) is 3.58. The Hall–Kier alpha value is 0.430. The van der Waals surface area contributed by atoms with E-state index < -0.39 is 0 Å². The topological polar surface area (TPSA) is 0 Å². The summed E-state index contributed by atoms with van der Waals surface area (Å²) >= 11 is 0. The Morgan fingerprint density at radius 1 is 1.00 bits per heavy atom. The first kappa shape index (κ1) is 9.06. The van der Waals surface area contributed by atoms with Crippen molar-refractivity contribution in [2.45, 2.75) is 20.8 Å². The molecule has 0 aliphatic heterocycles. The molecule has 0 aromatic carbocycles. The second-order valence-corrected chi connectivity index (χ2v) is 1.73. The Balaban J connectivity index is 0. The molecule has 0 heterocycles. The van der Waals surface area contributed by atoms with Crippen molar-refractivity contribution in [3.8, 4) is 0 Å². The fourth-order valence-corrected chi connectivity index (χ4v) is 0. The summed E-state index contributed by atoms with van der Waals surface area (Å²) in [6.07, 6.45) is 0. The Kier molecular flexibility index (Phi) is 8.03. The number of hydrogen-bond donors (Lipinski definition) is 0. The van der Waals surface area contributed by atoms with Crippen LogP contribution in [0.4, 0.5) is 0 Å². The van der Waals surface area contributed by atoms with Crippen LogP contribution in [0.5, 0.6) is 0 Å². The monoisotopic (exact) mass is 92.1 g/mol. The minimum Gasteiger partial charge on any atom is -0.153 e. The summed E-state index contributed by atoms with van der Waals surface area (Å²) in [5.74, 6) is 0.833. The van der Waals surface area contributed by atoms with Gasteiger partial charge in [-0.05, 0) is 5.92 Å². The second kappa shape index (κ2) is 4.43. The maximum atomic E-state index is 2.17. The van der Waals surface area contributed by atoms with Gasteiger partial charge in [0.15, 0.2) is 0 Å². The Labute approximate surface area is 37.6 Å². The first-order valence-electron chi connectivity index (χ1n) is 1.73. The van der Waals surface area contributed by atoms with Crippen molar-refractivity contribution in [2.24, 2.45) is 5.92 Å². The molecule has 0 aliphatic carbocycles. The van der Waals surface area contributed by atoms with Crippen molar-refractivity contribution < 1.29 is 0 Å². The van der Waals surface area contributed by atoms with Crippen LogP contribution in [-0.4, -0.2) is 0 Å². The lowest BCUT2D eigenvalue weighted by atomic mass is 10.3. The molecular weight excluding hydrogens is 79.0 g/mol. The van der Waals surface area contributed by atoms with Crippen molar-refractivity contribution in [3.63, 3.8) is 0 Å². The Morgan fingerprint density at radius 2 is 1.00 bits per heavy atom. The standard InChI is InChI=1S/C4H10.H3P/c1-4(2)3;/h4H,1-3H3;1H3. The highest BCUT2D eigenvalue weighted by Gasteiger charge is 1.68. The first-order valence-corrected chi connectivity index (χ1v) is 1.73. The van der Waals surface area contributed by atoms with E-state index in [2.05, 4.69) is 20.8 Å². The fraction of sp³-hybridized carbons (Fsp3) is 1.00. The van der Waals surface area contributed by atoms with Gasteiger partial charge in [0.2, 0.25) is 0 Å².